The number of amides is 1. The van der Waals surface area contributed by atoms with Crippen LogP contribution in [-0.4, -0.2) is 29.2 Å². The zero-order valence-electron chi connectivity index (χ0n) is 25.0. The maximum absolute atomic E-state index is 12.7. The molecule has 0 aromatic heterocycles. The minimum atomic E-state index is -2.08. The molecule has 0 radical (unpaired) electrons. The molecule has 0 bridgehead atoms. The lowest BCUT2D eigenvalue weighted by molar-refractivity contribution is -0.171. The topological polar surface area (TPSA) is 55.8 Å². The van der Waals surface area contributed by atoms with Crippen molar-refractivity contribution < 1.29 is 18.4 Å². The molecule has 0 aromatic rings. The van der Waals surface area contributed by atoms with Crippen LogP contribution in [0.5, 0.6) is 0 Å². The summed E-state index contributed by atoms with van der Waals surface area (Å²) in [6.07, 6.45) is 25.0. The normalized spacial score (nSPS) is 16.3. The lowest BCUT2D eigenvalue weighted by atomic mass is 9.86. The van der Waals surface area contributed by atoms with Gasteiger partial charge in [-0.1, -0.05) is 152 Å². The first-order valence-electron chi connectivity index (χ1n) is 15.5. The molecule has 1 saturated heterocycles. The van der Waals surface area contributed by atoms with Crippen LogP contribution >= 0.6 is 8.25 Å². The monoisotopic (exact) mass is 530 g/mol. The Bertz CT molecular complexity index is 513. The Morgan fingerprint density at radius 3 is 1.28 bits per heavy atom. The van der Waals surface area contributed by atoms with Crippen LogP contribution < -0.4 is 0 Å². The molecule has 1 aliphatic heterocycles. The second-order valence-corrected chi connectivity index (χ2v) is 11.7. The zero-order chi connectivity index (χ0) is 27.1. The summed E-state index contributed by atoms with van der Waals surface area (Å²) in [7, 11) is -2.08. The third kappa shape index (κ3) is 16.4. The molecule has 0 aliphatic carbocycles. The first-order chi connectivity index (χ1) is 17.4. The van der Waals surface area contributed by atoms with Crippen LogP contribution in [0.25, 0.3) is 0 Å². The quantitative estimate of drug-likeness (QED) is 0.103. The van der Waals surface area contributed by atoms with Crippen molar-refractivity contribution in [3.05, 3.63) is 0 Å². The molecule has 214 valence electrons. The van der Waals surface area contributed by atoms with E-state index in [0.29, 0.717) is 6.54 Å². The fourth-order valence-corrected chi connectivity index (χ4v) is 5.51. The predicted molar refractivity (Wildman–Crippen MR) is 154 cm³/mol. The molecule has 1 rings (SSSR count). The van der Waals surface area contributed by atoms with Gasteiger partial charge in [0.2, 0.25) is 0 Å². The van der Waals surface area contributed by atoms with Crippen LogP contribution in [0.3, 0.4) is 0 Å². The molecule has 0 unspecified atom stereocenters. The summed E-state index contributed by atoms with van der Waals surface area (Å²) in [5.74, 6) is -0.180. The number of carbonyl (C=O) groups excluding carboxylic acids is 1. The molecule has 0 atom stereocenters. The highest BCUT2D eigenvalue weighted by atomic mass is 31.1. The highest BCUT2D eigenvalue weighted by Gasteiger charge is 2.53. The number of unbranched alkanes of at least 4 members (excludes halogenated alkanes) is 15. The summed E-state index contributed by atoms with van der Waals surface area (Å²) in [5, 5.41) is 0. The van der Waals surface area contributed by atoms with Crippen LogP contribution in [0.1, 0.15) is 170 Å². The van der Waals surface area contributed by atoms with Gasteiger partial charge in [-0.15, -0.1) is 0 Å². The molecule has 1 heterocycles. The van der Waals surface area contributed by atoms with Crippen molar-refractivity contribution in [1.29, 1.82) is 0 Å². The van der Waals surface area contributed by atoms with E-state index in [4.69, 9.17) is 9.05 Å². The van der Waals surface area contributed by atoms with E-state index in [1.807, 2.05) is 11.8 Å². The summed E-state index contributed by atoms with van der Waals surface area (Å²) in [6, 6.07) is 0. The minimum Gasteiger partial charge on any atom is -0.333 e. The molecule has 0 saturated carbocycles. The van der Waals surface area contributed by atoms with Gasteiger partial charge >= 0.3 is 14.5 Å². The Labute approximate surface area is 225 Å². The highest BCUT2D eigenvalue weighted by Crippen LogP contribution is 2.42. The Morgan fingerprint density at radius 2 is 0.972 bits per heavy atom. The third-order valence-electron chi connectivity index (χ3n) is 7.39. The minimum absolute atomic E-state index is 0.179. The lowest BCUT2D eigenvalue weighted by Gasteiger charge is -2.42. The maximum Gasteiger partial charge on any atom is 0.704 e. The molecule has 0 aromatic carbocycles. The number of likely N-dealkylation sites (N-methyl/N-ethyl adjacent to an activating group) is 1. The fourth-order valence-electron chi connectivity index (χ4n) is 5.01. The molecule has 36 heavy (non-hydrogen) atoms. The molecule has 6 heteroatoms. The first-order valence-corrected chi connectivity index (χ1v) is 16.6. The van der Waals surface area contributed by atoms with Gasteiger partial charge in [0.25, 0.3) is 5.91 Å². The third-order valence-corrected chi connectivity index (χ3v) is 8.12. The molecule has 5 nitrogen and oxygen atoms in total. The summed E-state index contributed by atoms with van der Waals surface area (Å²) in [4.78, 5) is 14.6. The van der Waals surface area contributed by atoms with E-state index in [-0.39, 0.29) is 11.4 Å². The number of rotatable bonds is 22. The van der Waals surface area contributed by atoms with Crippen LogP contribution in [-0.2, 0) is 18.4 Å². The van der Waals surface area contributed by atoms with E-state index in [0.717, 1.165) is 25.7 Å². The van der Waals surface area contributed by atoms with Gasteiger partial charge in [-0.25, -0.2) is 0 Å². The van der Waals surface area contributed by atoms with Gasteiger partial charge in [0.15, 0.2) is 0 Å². The molecule has 1 amide bonds. The number of carbonyl (C=O) groups is 1. The average Bonchev–Trinajstić information content (AvgIpc) is 2.85. The van der Waals surface area contributed by atoms with Crippen LogP contribution in [0.2, 0.25) is 0 Å². The predicted octanol–water partition coefficient (Wildman–Crippen LogP) is 10.5. The summed E-state index contributed by atoms with van der Waals surface area (Å²) >= 11 is 0. The number of hydrogen-bond acceptors (Lipinski definition) is 4. The van der Waals surface area contributed by atoms with E-state index >= 15 is 0 Å². The molecule has 0 spiro atoms. The molecule has 1 aliphatic rings. The largest absolute Gasteiger partial charge is 0.704 e. The van der Waals surface area contributed by atoms with Crippen molar-refractivity contribution in [2.75, 3.05) is 6.54 Å². The zero-order valence-corrected chi connectivity index (χ0v) is 25.8. The van der Waals surface area contributed by atoms with Gasteiger partial charge in [-0.05, 0) is 26.7 Å². The lowest BCUT2D eigenvalue weighted by Crippen LogP contribution is -2.54. The van der Waals surface area contributed by atoms with Crippen molar-refractivity contribution in [2.24, 2.45) is 0 Å². The van der Waals surface area contributed by atoms with Gasteiger partial charge in [-0.2, -0.15) is 0 Å². The van der Waals surface area contributed by atoms with Crippen LogP contribution in [0.15, 0.2) is 0 Å². The molecule has 1 fully saturated rings. The second-order valence-electron chi connectivity index (χ2n) is 10.8. The van der Waals surface area contributed by atoms with Crippen molar-refractivity contribution in [1.82, 2.24) is 4.90 Å². The van der Waals surface area contributed by atoms with Crippen molar-refractivity contribution in [3.63, 3.8) is 0 Å². The van der Waals surface area contributed by atoms with E-state index in [9.17, 15) is 9.36 Å². The summed E-state index contributed by atoms with van der Waals surface area (Å²) < 4.78 is 20.9. The van der Waals surface area contributed by atoms with Gasteiger partial charge in [0.05, 0.1) is 0 Å². The van der Waals surface area contributed by atoms with Gasteiger partial charge < -0.3 is 4.90 Å². The Balaban J connectivity index is 0.000000860. The Kier molecular flexibility index (Phi) is 23.3. The van der Waals surface area contributed by atoms with E-state index in [1.165, 1.54) is 103 Å². The fraction of sp³-hybridized carbons (Fsp3) is 0.967. The highest BCUT2D eigenvalue weighted by molar-refractivity contribution is 7.34. The number of hydrogen-bond donors (Lipinski definition) is 0. The van der Waals surface area contributed by atoms with Crippen molar-refractivity contribution >= 4 is 14.2 Å². The van der Waals surface area contributed by atoms with Crippen LogP contribution in [0.4, 0.5) is 0 Å². The smallest absolute Gasteiger partial charge is 0.333 e. The Morgan fingerprint density at radius 1 is 0.639 bits per heavy atom. The van der Waals surface area contributed by atoms with E-state index < -0.39 is 14.5 Å². The maximum atomic E-state index is 12.7. The molecule has 0 N–H and O–H groups in total. The first kappa shape index (κ1) is 35.5. The van der Waals surface area contributed by atoms with Crippen molar-refractivity contribution in [3.8, 4) is 0 Å². The van der Waals surface area contributed by atoms with Gasteiger partial charge in [0, 0.05) is 16.6 Å². The summed E-state index contributed by atoms with van der Waals surface area (Å²) in [5.41, 5.74) is -0.179. The SMILES string of the molecule is CCCCCCC(C)(CCCCCC)N(CC)C(=O)C1O[P+](=O)O1.CCCCCCCCCCCC. The average molecular weight is 531 g/mol. The van der Waals surface area contributed by atoms with Crippen molar-refractivity contribution in [2.45, 2.75) is 182 Å². The molecular weight excluding hydrogens is 469 g/mol. The number of nitrogens with zero attached hydrogens (tertiary/aromatic N) is 1. The molecular formula is C30H61NO4P+. The Hall–Kier alpha value is -0.510. The standard InChI is InChI=1S/C18H35NO4P.C12H26/c1-5-8-10-12-14-18(4,15-13-11-9-6-2)19(7-3)16(20)17-22-24(21)23-17;1-3-5-7-9-11-12-10-8-6-4-2/h17H,5-15H2,1-4H3;3-12H2,1-2H3/q+1;. The summed E-state index contributed by atoms with van der Waals surface area (Å²) in [6.45, 7) is 13.8. The van der Waals surface area contributed by atoms with Gasteiger partial charge in [0.1, 0.15) is 0 Å². The second kappa shape index (κ2) is 23.6. The van der Waals surface area contributed by atoms with E-state index in [1.54, 1.807) is 0 Å². The van der Waals surface area contributed by atoms with Gasteiger partial charge in [-0.3, -0.25) is 4.79 Å². The van der Waals surface area contributed by atoms with E-state index in [2.05, 4.69) is 34.6 Å². The van der Waals surface area contributed by atoms with Crippen LogP contribution in [0, 0.1) is 0 Å².